The van der Waals surface area contributed by atoms with Crippen LogP contribution >= 0.6 is 0 Å². The molecule has 0 atom stereocenters. The van der Waals surface area contributed by atoms with Gasteiger partial charge in [-0.05, 0) is 23.8 Å². The van der Waals surface area contributed by atoms with E-state index in [2.05, 4.69) is 6.58 Å². The lowest BCUT2D eigenvalue weighted by atomic mass is 10.0. The Labute approximate surface area is 99.2 Å². The van der Waals surface area contributed by atoms with Gasteiger partial charge in [-0.3, -0.25) is 0 Å². The third-order valence-electron chi connectivity index (χ3n) is 2.03. The first-order valence-corrected chi connectivity index (χ1v) is 4.73. The molecule has 0 saturated carbocycles. The molecule has 18 heavy (non-hydrogen) atoms. The fourth-order valence-electron chi connectivity index (χ4n) is 1.25. The Balaban J connectivity index is 3.38. The number of allylic oxidation sites excluding steroid dienone is 2. The Bertz CT molecular complexity index is 432. The molecule has 0 amide bonds. The molecule has 1 aromatic rings. The summed E-state index contributed by atoms with van der Waals surface area (Å²) in [5.74, 6) is 0. The third-order valence-corrected chi connectivity index (χ3v) is 2.03. The summed E-state index contributed by atoms with van der Waals surface area (Å²) in [6, 6.07) is 1.38. The fourth-order valence-corrected chi connectivity index (χ4v) is 1.25. The van der Waals surface area contributed by atoms with Crippen LogP contribution in [-0.4, -0.2) is 0 Å². The Morgan fingerprint density at radius 1 is 0.833 bits per heavy atom. The number of alkyl halides is 6. The molecule has 0 aliphatic heterocycles. The minimum absolute atomic E-state index is 0.0885. The predicted molar refractivity (Wildman–Crippen MR) is 55.7 cm³/mol. The molecule has 0 heterocycles. The Kier molecular flexibility index (Phi) is 3.88. The van der Waals surface area contributed by atoms with Gasteiger partial charge in [-0.1, -0.05) is 24.8 Å². The third kappa shape index (κ3) is 3.65. The van der Waals surface area contributed by atoms with Crippen LogP contribution in [0.2, 0.25) is 0 Å². The lowest BCUT2D eigenvalue weighted by molar-refractivity contribution is -0.143. The van der Waals surface area contributed by atoms with E-state index in [1.807, 2.05) is 0 Å². The largest absolute Gasteiger partial charge is 0.416 e. The van der Waals surface area contributed by atoms with Crippen molar-refractivity contribution in [2.75, 3.05) is 0 Å². The SMILES string of the molecule is C=C/C=C/c1cc(C(F)(F)F)cc(C(F)(F)F)c1. The highest BCUT2D eigenvalue weighted by molar-refractivity contribution is 5.54. The van der Waals surface area contributed by atoms with E-state index in [1.165, 1.54) is 12.2 Å². The van der Waals surface area contributed by atoms with E-state index < -0.39 is 23.5 Å². The van der Waals surface area contributed by atoms with Gasteiger partial charge in [0.15, 0.2) is 0 Å². The molecule has 0 fully saturated rings. The van der Waals surface area contributed by atoms with Crippen LogP contribution in [0.1, 0.15) is 16.7 Å². The predicted octanol–water partition coefficient (Wildman–Crippen LogP) is 4.92. The van der Waals surface area contributed by atoms with Gasteiger partial charge >= 0.3 is 12.4 Å². The van der Waals surface area contributed by atoms with Crippen LogP contribution in [0.5, 0.6) is 0 Å². The summed E-state index contributed by atoms with van der Waals surface area (Å²) in [4.78, 5) is 0. The van der Waals surface area contributed by atoms with Crippen molar-refractivity contribution in [1.82, 2.24) is 0 Å². The summed E-state index contributed by atoms with van der Waals surface area (Å²) in [5.41, 5.74) is -2.85. The molecule has 0 spiro atoms. The second kappa shape index (κ2) is 4.88. The lowest BCUT2D eigenvalue weighted by Crippen LogP contribution is -2.11. The smallest absolute Gasteiger partial charge is 0.166 e. The summed E-state index contributed by atoms with van der Waals surface area (Å²) in [6.07, 6.45) is -6.00. The number of hydrogen-bond acceptors (Lipinski definition) is 0. The van der Waals surface area contributed by atoms with Crippen LogP contribution in [0.3, 0.4) is 0 Å². The molecule has 0 aliphatic carbocycles. The van der Waals surface area contributed by atoms with E-state index in [-0.39, 0.29) is 11.6 Å². The zero-order valence-corrected chi connectivity index (χ0v) is 8.94. The van der Waals surface area contributed by atoms with Crippen LogP contribution in [0.4, 0.5) is 26.3 Å². The van der Waals surface area contributed by atoms with Crippen molar-refractivity contribution in [3.8, 4) is 0 Å². The van der Waals surface area contributed by atoms with Gasteiger partial charge < -0.3 is 0 Å². The van der Waals surface area contributed by atoms with E-state index in [9.17, 15) is 26.3 Å². The minimum Gasteiger partial charge on any atom is -0.166 e. The molecule has 0 radical (unpaired) electrons. The van der Waals surface area contributed by atoms with Gasteiger partial charge in [0.05, 0.1) is 11.1 Å². The van der Waals surface area contributed by atoms with Gasteiger partial charge in [0.2, 0.25) is 0 Å². The van der Waals surface area contributed by atoms with Crippen LogP contribution in [0.25, 0.3) is 6.08 Å². The molecular weight excluding hydrogens is 258 g/mol. The summed E-state index contributed by atoms with van der Waals surface area (Å²) >= 11 is 0. The van der Waals surface area contributed by atoms with E-state index in [0.717, 1.165) is 6.08 Å². The number of hydrogen-bond donors (Lipinski definition) is 0. The summed E-state index contributed by atoms with van der Waals surface area (Å²) < 4.78 is 74.7. The average molecular weight is 266 g/mol. The second-order valence-electron chi connectivity index (χ2n) is 3.43. The maximum absolute atomic E-state index is 12.4. The van der Waals surface area contributed by atoms with Crippen LogP contribution < -0.4 is 0 Å². The van der Waals surface area contributed by atoms with Crippen molar-refractivity contribution in [2.24, 2.45) is 0 Å². The van der Waals surface area contributed by atoms with Gasteiger partial charge in [0, 0.05) is 0 Å². The van der Waals surface area contributed by atoms with Gasteiger partial charge in [-0.2, -0.15) is 26.3 Å². The van der Waals surface area contributed by atoms with E-state index in [0.29, 0.717) is 12.1 Å². The first-order chi connectivity index (χ1) is 8.14. The van der Waals surface area contributed by atoms with E-state index in [1.54, 1.807) is 0 Å². The highest BCUT2D eigenvalue weighted by Gasteiger charge is 2.36. The van der Waals surface area contributed by atoms with Crippen LogP contribution in [0.15, 0.2) is 36.9 Å². The number of halogens is 6. The van der Waals surface area contributed by atoms with Gasteiger partial charge in [0.1, 0.15) is 0 Å². The molecule has 0 saturated heterocycles. The molecule has 98 valence electrons. The van der Waals surface area contributed by atoms with Crippen molar-refractivity contribution >= 4 is 6.08 Å². The molecule has 0 aromatic heterocycles. The molecule has 6 heteroatoms. The maximum Gasteiger partial charge on any atom is 0.416 e. The zero-order valence-electron chi connectivity index (χ0n) is 8.94. The topological polar surface area (TPSA) is 0 Å². The molecule has 1 rings (SSSR count). The minimum atomic E-state index is -4.82. The van der Waals surface area contributed by atoms with Crippen LogP contribution in [0, 0.1) is 0 Å². The number of benzene rings is 1. The lowest BCUT2D eigenvalue weighted by Gasteiger charge is -2.12. The highest BCUT2D eigenvalue weighted by Crippen LogP contribution is 2.36. The van der Waals surface area contributed by atoms with Crippen molar-refractivity contribution in [3.05, 3.63) is 53.6 Å². The molecule has 0 N–H and O–H groups in total. The maximum atomic E-state index is 12.4. The average Bonchev–Trinajstić information content (AvgIpc) is 2.23. The molecule has 0 unspecified atom stereocenters. The summed E-state index contributed by atoms with van der Waals surface area (Å²) in [6.45, 7) is 3.29. The van der Waals surface area contributed by atoms with E-state index >= 15 is 0 Å². The fraction of sp³-hybridized carbons (Fsp3) is 0.167. The molecule has 1 aromatic carbocycles. The van der Waals surface area contributed by atoms with Crippen LogP contribution in [-0.2, 0) is 12.4 Å². The van der Waals surface area contributed by atoms with Crippen molar-refractivity contribution in [2.45, 2.75) is 12.4 Å². The summed E-state index contributed by atoms with van der Waals surface area (Å²) in [5, 5.41) is 0. The number of rotatable bonds is 2. The highest BCUT2D eigenvalue weighted by atomic mass is 19.4. The van der Waals surface area contributed by atoms with E-state index in [4.69, 9.17) is 0 Å². The zero-order chi connectivity index (χ0) is 14.0. The monoisotopic (exact) mass is 266 g/mol. The first-order valence-electron chi connectivity index (χ1n) is 4.73. The Morgan fingerprint density at radius 2 is 1.28 bits per heavy atom. The first kappa shape index (κ1) is 14.3. The molecule has 0 aliphatic rings. The molecular formula is C12H8F6. The Hall–Kier alpha value is -1.72. The van der Waals surface area contributed by atoms with Crippen molar-refractivity contribution in [1.29, 1.82) is 0 Å². The van der Waals surface area contributed by atoms with Gasteiger partial charge in [-0.15, -0.1) is 0 Å². The second-order valence-corrected chi connectivity index (χ2v) is 3.43. The molecule has 0 bridgehead atoms. The van der Waals surface area contributed by atoms with Crippen molar-refractivity contribution in [3.63, 3.8) is 0 Å². The van der Waals surface area contributed by atoms with Crippen molar-refractivity contribution < 1.29 is 26.3 Å². The molecule has 0 nitrogen and oxygen atoms in total. The normalized spacial score (nSPS) is 13.0. The Morgan fingerprint density at radius 3 is 1.61 bits per heavy atom. The van der Waals surface area contributed by atoms with Gasteiger partial charge in [-0.25, -0.2) is 0 Å². The standard InChI is InChI=1S/C12H8F6/c1-2-3-4-8-5-9(11(13,14)15)7-10(6-8)12(16,17)18/h2-7H,1H2/b4-3+. The van der Waals surface area contributed by atoms with Gasteiger partial charge in [0.25, 0.3) is 0 Å². The summed E-state index contributed by atoms with van der Waals surface area (Å²) in [7, 11) is 0. The quantitative estimate of drug-likeness (QED) is 0.526.